The zero-order valence-corrected chi connectivity index (χ0v) is 16.0. The molecule has 3 rings (SSSR count). The van der Waals surface area contributed by atoms with Crippen LogP contribution in [0.4, 0.5) is 0 Å². The summed E-state index contributed by atoms with van der Waals surface area (Å²) >= 11 is 0. The van der Waals surface area contributed by atoms with E-state index in [9.17, 15) is 9.59 Å². The number of hydrogen-bond donors (Lipinski definition) is 1. The third-order valence-electron chi connectivity index (χ3n) is 5.57. The van der Waals surface area contributed by atoms with E-state index in [-0.39, 0.29) is 30.1 Å². The summed E-state index contributed by atoms with van der Waals surface area (Å²) in [5, 5.41) is 8.19. The number of aryl methyl sites for hydroxylation is 1. The third-order valence-corrected chi connectivity index (χ3v) is 5.57. The van der Waals surface area contributed by atoms with E-state index in [0.717, 1.165) is 37.1 Å². The van der Waals surface area contributed by atoms with Crippen molar-refractivity contribution in [3.05, 3.63) is 34.9 Å². The number of carbonyl (C=O) groups is 2. The fraction of sp³-hybridized carbons (Fsp3) is 0.571. The molecule has 2 unspecified atom stereocenters. The lowest BCUT2D eigenvalue weighted by molar-refractivity contribution is -0.137. The number of nitrogens with zero attached hydrogens (tertiary/aromatic N) is 2. The van der Waals surface area contributed by atoms with Crippen molar-refractivity contribution in [1.82, 2.24) is 9.80 Å². The van der Waals surface area contributed by atoms with Crippen LogP contribution in [0.1, 0.15) is 60.0 Å². The minimum Gasteiger partial charge on any atom is -0.336 e. The number of benzene rings is 1. The largest absolute Gasteiger partial charge is 0.336 e. The summed E-state index contributed by atoms with van der Waals surface area (Å²) in [6.07, 6.45) is 2.65. The highest BCUT2D eigenvalue weighted by molar-refractivity contribution is 6.07. The van der Waals surface area contributed by atoms with Gasteiger partial charge in [-0.15, -0.1) is 0 Å². The number of rotatable bonds is 5. The Kier molecular flexibility index (Phi) is 5.56. The summed E-state index contributed by atoms with van der Waals surface area (Å²) < 4.78 is 0. The van der Waals surface area contributed by atoms with Gasteiger partial charge in [0.2, 0.25) is 5.91 Å². The van der Waals surface area contributed by atoms with Gasteiger partial charge in [0, 0.05) is 49.8 Å². The molecule has 1 saturated heterocycles. The normalized spacial score (nSPS) is 23.2. The number of fused-ring (bicyclic) bond motifs is 1. The van der Waals surface area contributed by atoms with Crippen molar-refractivity contribution in [3.8, 4) is 0 Å². The topological polar surface area (TPSA) is 64.5 Å². The molecule has 0 aromatic heterocycles. The summed E-state index contributed by atoms with van der Waals surface area (Å²) in [5.74, 6) is -0.223. The van der Waals surface area contributed by atoms with Crippen LogP contribution >= 0.6 is 0 Å². The van der Waals surface area contributed by atoms with E-state index in [1.54, 1.807) is 0 Å². The first-order valence-electron chi connectivity index (χ1n) is 9.59. The monoisotopic (exact) mass is 355 g/mol. The van der Waals surface area contributed by atoms with Gasteiger partial charge >= 0.3 is 0 Å². The number of nitrogens with one attached hydrogen (secondary N) is 1. The zero-order valence-electron chi connectivity index (χ0n) is 16.0. The Morgan fingerprint density at radius 1 is 1.31 bits per heavy atom. The van der Waals surface area contributed by atoms with Gasteiger partial charge in [-0.1, -0.05) is 31.0 Å². The highest BCUT2D eigenvalue weighted by atomic mass is 16.2. The third kappa shape index (κ3) is 3.73. The van der Waals surface area contributed by atoms with E-state index in [4.69, 9.17) is 5.41 Å². The molecule has 2 atom stereocenters. The Morgan fingerprint density at radius 3 is 2.81 bits per heavy atom. The van der Waals surface area contributed by atoms with Gasteiger partial charge in [-0.2, -0.15) is 0 Å². The van der Waals surface area contributed by atoms with Gasteiger partial charge < -0.3 is 15.2 Å². The van der Waals surface area contributed by atoms with Crippen LogP contribution in [0.25, 0.3) is 0 Å². The Balaban J connectivity index is 1.81. The van der Waals surface area contributed by atoms with E-state index in [0.29, 0.717) is 24.2 Å². The van der Waals surface area contributed by atoms with Crippen LogP contribution in [0.15, 0.2) is 18.2 Å². The second-order valence-corrected chi connectivity index (χ2v) is 7.78. The molecule has 2 aliphatic rings. The summed E-state index contributed by atoms with van der Waals surface area (Å²) in [4.78, 5) is 29.9. The van der Waals surface area contributed by atoms with E-state index in [1.165, 1.54) is 0 Å². The van der Waals surface area contributed by atoms with Crippen LogP contribution in [0.5, 0.6) is 0 Å². The average molecular weight is 355 g/mol. The number of likely N-dealkylation sites (N-methyl/N-ethyl adjacent to an activating group) is 1. The maximum Gasteiger partial charge on any atom is 0.230 e. The molecule has 1 aromatic rings. The summed E-state index contributed by atoms with van der Waals surface area (Å²) in [5.41, 5.74) is 3.36. The second-order valence-electron chi connectivity index (χ2n) is 7.78. The van der Waals surface area contributed by atoms with Gasteiger partial charge in [-0.25, -0.2) is 0 Å². The van der Waals surface area contributed by atoms with Crippen molar-refractivity contribution >= 4 is 17.4 Å². The SMILES string of the molecule is CCCC(=N)CC1CN(C)CCN1C(=O)C1CC(=O)c2cc(C)ccc21. The Hall–Kier alpha value is -2.01. The lowest BCUT2D eigenvalue weighted by atomic mass is 9.95. The van der Waals surface area contributed by atoms with Crippen LogP contribution in [-0.2, 0) is 4.79 Å². The van der Waals surface area contributed by atoms with E-state index in [1.807, 2.05) is 30.0 Å². The van der Waals surface area contributed by atoms with Crippen LogP contribution in [0.3, 0.4) is 0 Å². The molecule has 26 heavy (non-hydrogen) atoms. The number of piperazine rings is 1. The Labute approximate surface area is 155 Å². The fourth-order valence-corrected chi connectivity index (χ4v) is 4.21. The number of carbonyl (C=O) groups excluding carboxylic acids is 2. The predicted octanol–water partition coefficient (Wildman–Crippen LogP) is 3.02. The summed E-state index contributed by atoms with van der Waals surface area (Å²) in [6, 6.07) is 5.87. The molecule has 5 heteroatoms. The molecular formula is C21H29N3O2. The average Bonchev–Trinajstić information content (AvgIpc) is 2.91. The van der Waals surface area contributed by atoms with Gasteiger partial charge in [-0.3, -0.25) is 9.59 Å². The minimum atomic E-state index is -0.357. The molecule has 1 amide bonds. The minimum absolute atomic E-state index is 0.0323. The molecule has 0 spiro atoms. The number of ketones is 1. The lowest BCUT2D eigenvalue weighted by Crippen LogP contribution is -2.55. The molecule has 0 saturated carbocycles. The molecule has 1 heterocycles. The number of hydrogen-bond acceptors (Lipinski definition) is 4. The molecule has 1 N–H and O–H groups in total. The van der Waals surface area contributed by atoms with Crippen LogP contribution < -0.4 is 0 Å². The Bertz CT molecular complexity index is 728. The molecule has 0 radical (unpaired) electrons. The van der Waals surface area contributed by atoms with Gasteiger partial charge in [0.05, 0.1) is 5.92 Å². The first-order chi connectivity index (χ1) is 12.4. The quantitative estimate of drug-likeness (QED) is 0.826. The van der Waals surface area contributed by atoms with E-state index >= 15 is 0 Å². The second kappa shape index (κ2) is 7.70. The van der Waals surface area contributed by atoms with Crippen molar-refractivity contribution in [2.24, 2.45) is 0 Å². The first kappa shape index (κ1) is 18.8. The van der Waals surface area contributed by atoms with Gasteiger partial charge in [-0.05, 0) is 32.0 Å². The van der Waals surface area contributed by atoms with Gasteiger partial charge in [0.25, 0.3) is 0 Å². The number of Topliss-reactive ketones (excluding diaryl/α,β-unsaturated/α-hetero) is 1. The molecule has 0 bridgehead atoms. The summed E-state index contributed by atoms with van der Waals surface area (Å²) in [6.45, 7) is 6.35. The molecule has 5 nitrogen and oxygen atoms in total. The fourth-order valence-electron chi connectivity index (χ4n) is 4.21. The van der Waals surface area contributed by atoms with Gasteiger partial charge in [0.15, 0.2) is 5.78 Å². The maximum absolute atomic E-state index is 13.3. The molecule has 1 aliphatic heterocycles. The molecule has 1 aliphatic carbocycles. The maximum atomic E-state index is 13.3. The van der Waals surface area contributed by atoms with Crippen molar-refractivity contribution < 1.29 is 9.59 Å². The predicted molar refractivity (Wildman–Crippen MR) is 103 cm³/mol. The Morgan fingerprint density at radius 2 is 2.08 bits per heavy atom. The highest BCUT2D eigenvalue weighted by Gasteiger charge is 2.39. The van der Waals surface area contributed by atoms with Crippen LogP contribution in [0.2, 0.25) is 0 Å². The standard InChI is InChI=1S/C21H29N3O2/c1-4-5-15(22)11-16-13-23(3)8-9-24(16)21(26)19-12-20(25)18-10-14(2)6-7-17(18)19/h6-7,10,16,19,22H,4-5,8-9,11-13H2,1-3H3. The van der Waals surface area contributed by atoms with Crippen molar-refractivity contribution in [3.63, 3.8) is 0 Å². The van der Waals surface area contributed by atoms with Crippen molar-refractivity contribution in [2.75, 3.05) is 26.7 Å². The smallest absolute Gasteiger partial charge is 0.230 e. The first-order valence-corrected chi connectivity index (χ1v) is 9.59. The van der Waals surface area contributed by atoms with Crippen LogP contribution in [-0.4, -0.2) is 59.9 Å². The van der Waals surface area contributed by atoms with E-state index in [2.05, 4.69) is 18.9 Å². The lowest BCUT2D eigenvalue weighted by Gasteiger charge is -2.41. The summed E-state index contributed by atoms with van der Waals surface area (Å²) in [7, 11) is 2.06. The molecule has 1 aromatic carbocycles. The van der Waals surface area contributed by atoms with Gasteiger partial charge in [0.1, 0.15) is 0 Å². The van der Waals surface area contributed by atoms with Crippen molar-refractivity contribution in [1.29, 1.82) is 5.41 Å². The van der Waals surface area contributed by atoms with Crippen molar-refractivity contribution in [2.45, 2.75) is 51.5 Å². The molecular weight excluding hydrogens is 326 g/mol. The zero-order chi connectivity index (χ0) is 18.8. The van der Waals surface area contributed by atoms with E-state index < -0.39 is 0 Å². The highest BCUT2D eigenvalue weighted by Crippen LogP contribution is 2.36. The molecule has 140 valence electrons. The van der Waals surface area contributed by atoms with Crippen LogP contribution in [0, 0.1) is 12.3 Å². The number of amides is 1. The molecule has 1 fully saturated rings.